The van der Waals surface area contributed by atoms with Crippen LogP contribution < -0.4 is 10.2 Å². The second-order valence-corrected chi connectivity index (χ2v) is 18.2. The van der Waals surface area contributed by atoms with Crippen molar-refractivity contribution >= 4 is 57.8 Å². The maximum absolute atomic E-state index is 14.1. The molecule has 0 bridgehead atoms. The second kappa shape index (κ2) is 15.3. The van der Waals surface area contributed by atoms with Gasteiger partial charge in [-0.15, -0.1) is 11.8 Å². The number of piperidine rings is 2. The molecule has 9 rings (SSSR count). The van der Waals surface area contributed by atoms with E-state index in [-0.39, 0.29) is 29.9 Å². The summed E-state index contributed by atoms with van der Waals surface area (Å²) in [6, 6.07) is 17.7. The lowest BCUT2D eigenvalue weighted by atomic mass is 9.70. The van der Waals surface area contributed by atoms with Crippen LogP contribution in [0.15, 0.2) is 53.4 Å². The molecular weight excluding hydrogens is 763 g/mol. The fraction of sp³-hybridized carbons (Fsp3) is 0.435. The van der Waals surface area contributed by atoms with Gasteiger partial charge in [-0.05, 0) is 84.8 Å². The van der Waals surface area contributed by atoms with Crippen molar-refractivity contribution in [3.05, 3.63) is 93.2 Å². The minimum absolute atomic E-state index is 0.0426. The molecule has 3 aromatic carbocycles. The van der Waals surface area contributed by atoms with Gasteiger partial charge >= 0.3 is 0 Å². The summed E-state index contributed by atoms with van der Waals surface area (Å²) in [6.45, 7) is 11.9. The molecule has 4 aromatic rings. The molecule has 4 aliphatic heterocycles. The molecule has 0 saturated carbocycles. The number of rotatable bonds is 8. The molecule has 2 N–H and O–H groups in total. The Hall–Kier alpha value is -5.45. The van der Waals surface area contributed by atoms with Crippen LogP contribution >= 0.6 is 11.8 Å². The summed E-state index contributed by atoms with van der Waals surface area (Å²) in [7, 11) is 0. The fourth-order valence-electron chi connectivity index (χ4n) is 10.0. The van der Waals surface area contributed by atoms with E-state index >= 15 is 0 Å². The SMILES string of the molecule is CCc1cc2c(cc1N1CCC(N3CCN(C(=O)CCSc4ccc5c(c4)CN(C4CCC(=O)NC4=O)C5=O)CC3)CC1)C(C)(C)c1[nH]c3cc(C#N)ccc3c1C2=O. The molecule has 1 aliphatic carbocycles. The lowest BCUT2D eigenvalue weighted by Gasteiger charge is -2.44. The molecular formula is C46H49N7O5S. The van der Waals surface area contributed by atoms with Crippen molar-refractivity contribution in [2.24, 2.45) is 0 Å². The molecule has 3 fully saturated rings. The number of aryl methyl sites for hydroxylation is 1. The smallest absolute Gasteiger partial charge is 0.255 e. The standard InChI is InChI=1S/C46H49N7O5S/c1-4-28-23-34-35(46(2,3)43-41(42(34)56)33-7-5-27(25-47)21-36(33)48-43)24-38(28)51-14-11-30(12-15-51)50-16-18-52(19-17-50)40(55)13-20-59-31-6-8-32-29(22-31)26-53(45(32)58)37-9-10-39(54)49-44(37)57/h5-8,21-24,30,37,48H,4,9-20,26H2,1-3H3,(H,49,54,57). The van der Waals surface area contributed by atoms with Crippen LogP contribution in [-0.2, 0) is 32.8 Å². The van der Waals surface area contributed by atoms with Gasteiger partial charge in [0.25, 0.3) is 5.91 Å². The van der Waals surface area contributed by atoms with Gasteiger partial charge in [-0.1, -0.05) is 26.8 Å². The van der Waals surface area contributed by atoms with Crippen LogP contribution in [0.3, 0.4) is 0 Å². The van der Waals surface area contributed by atoms with E-state index < -0.39 is 17.4 Å². The largest absolute Gasteiger partial charge is 0.371 e. The average Bonchev–Trinajstić information content (AvgIpc) is 3.80. The van der Waals surface area contributed by atoms with Crippen LogP contribution in [0, 0.1) is 11.3 Å². The summed E-state index contributed by atoms with van der Waals surface area (Å²) in [4.78, 5) is 77.6. The van der Waals surface area contributed by atoms with E-state index in [9.17, 15) is 29.2 Å². The van der Waals surface area contributed by atoms with Crippen molar-refractivity contribution in [3.63, 3.8) is 0 Å². The Bertz CT molecular complexity index is 2470. The van der Waals surface area contributed by atoms with Gasteiger partial charge in [-0.3, -0.25) is 34.2 Å². The number of imide groups is 1. The first kappa shape index (κ1) is 39.0. The first-order valence-corrected chi connectivity index (χ1v) is 21.9. The number of nitrogens with zero attached hydrogens (tertiary/aromatic N) is 5. The Kier molecular flexibility index (Phi) is 10.1. The van der Waals surface area contributed by atoms with Gasteiger partial charge in [0.05, 0.1) is 17.2 Å². The predicted octanol–water partition coefficient (Wildman–Crippen LogP) is 5.53. The van der Waals surface area contributed by atoms with Crippen LogP contribution in [0.25, 0.3) is 10.9 Å². The van der Waals surface area contributed by atoms with Gasteiger partial charge in [0.2, 0.25) is 17.7 Å². The average molecular weight is 812 g/mol. The van der Waals surface area contributed by atoms with Crippen molar-refractivity contribution in [2.45, 2.75) is 88.2 Å². The minimum atomic E-state index is -0.634. The third kappa shape index (κ3) is 6.90. The van der Waals surface area contributed by atoms with Crippen molar-refractivity contribution in [2.75, 3.05) is 49.9 Å². The van der Waals surface area contributed by atoms with Gasteiger partial charge in [-0.2, -0.15) is 5.26 Å². The zero-order valence-electron chi connectivity index (χ0n) is 33.9. The highest BCUT2D eigenvalue weighted by atomic mass is 32.2. The molecule has 59 heavy (non-hydrogen) atoms. The molecule has 4 amide bonds. The van der Waals surface area contributed by atoms with Gasteiger partial charge in [0.1, 0.15) is 6.04 Å². The summed E-state index contributed by atoms with van der Waals surface area (Å²) in [5.74, 6) is -0.0481. The quantitative estimate of drug-likeness (QED) is 0.173. The molecule has 304 valence electrons. The van der Waals surface area contributed by atoms with Gasteiger partial charge in [0.15, 0.2) is 5.78 Å². The number of nitrogens with one attached hydrogen (secondary N) is 2. The zero-order chi connectivity index (χ0) is 41.2. The lowest BCUT2D eigenvalue weighted by Crippen LogP contribution is -2.54. The number of aromatic amines is 1. The lowest BCUT2D eigenvalue weighted by molar-refractivity contribution is -0.137. The van der Waals surface area contributed by atoms with Crippen LogP contribution in [0.1, 0.15) is 107 Å². The van der Waals surface area contributed by atoms with Crippen molar-refractivity contribution in [3.8, 4) is 6.07 Å². The predicted molar refractivity (Wildman–Crippen MR) is 226 cm³/mol. The van der Waals surface area contributed by atoms with Crippen LogP contribution in [0.2, 0.25) is 0 Å². The van der Waals surface area contributed by atoms with Crippen molar-refractivity contribution < 1.29 is 24.0 Å². The minimum Gasteiger partial charge on any atom is -0.371 e. The van der Waals surface area contributed by atoms with Crippen LogP contribution in [-0.4, -0.2) is 106 Å². The van der Waals surface area contributed by atoms with E-state index in [2.05, 4.69) is 59.1 Å². The Morgan fingerprint density at radius 3 is 2.44 bits per heavy atom. The fourth-order valence-corrected chi connectivity index (χ4v) is 10.9. The number of hydrogen-bond acceptors (Lipinski definition) is 9. The molecule has 3 saturated heterocycles. The van der Waals surface area contributed by atoms with Gasteiger partial charge in [-0.25, -0.2) is 0 Å². The maximum Gasteiger partial charge on any atom is 0.255 e. The van der Waals surface area contributed by atoms with E-state index in [1.807, 2.05) is 35.2 Å². The second-order valence-electron chi connectivity index (χ2n) is 17.0. The Morgan fingerprint density at radius 2 is 1.71 bits per heavy atom. The topological polar surface area (TPSA) is 150 Å². The number of fused-ring (bicyclic) bond motifs is 5. The number of piperazine rings is 1. The monoisotopic (exact) mass is 811 g/mol. The van der Waals surface area contributed by atoms with E-state index in [0.717, 1.165) is 102 Å². The molecule has 12 nitrogen and oxygen atoms in total. The summed E-state index contributed by atoms with van der Waals surface area (Å²) in [5.41, 5.74) is 8.26. The van der Waals surface area contributed by atoms with E-state index in [4.69, 9.17) is 0 Å². The maximum atomic E-state index is 14.1. The molecule has 5 aliphatic rings. The summed E-state index contributed by atoms with van der Waals surface area (Å²) < 4.78 is 0. The van der Waals surface area contributed by atoms with Crippen LogP contribution in [0.4, 0.5) is 5.69 Å². The van der Waals surface area contributed by atoms with E-state index in [1.54, 1.807) is 22.7 Å². The number of thioether (sulfide) groups is 1. The normalized spacial score (nSPS) is 20.7. The van der Waals surface area contributed by atoms with Crippen molar-refractivity contribution in [1.82, 2.24) is 25.0 Å². The third-order valence-electron chi connectivity index (χ3n) is 13.4. The number of anilines is 1. The Morgan fingerprint density at radius 1 is 0.932 bits per heavy atom. The first-order chi connectivity index (χ1) is 28.4. The summed E-state index contributed by atoms with van der Waals surface area (Å²) >= 11 is 1.60. The number of carbonyl (C=O) groups excluding carboxylic acids is 5. The number of nitriles is 1. The summed E-state index contributed by atoms with van der Waals surface area (Å²) in [6.07, 6.45) is 3.91. The molecule has 5 heterocycles. The van der Waals surface area contributed by atoms with Gasteiger partial charge in [0, 0.05) is 114 Å². The number of ketones is 1. The highest BCUT2D eigenvalue weighted by Gasteiger charge is 2.42. The number of aromatic nitrogens is 1. The number of hydrogen-bond donors (Lipinski definition) is 2. The molecule has 0 radical (unpaired) electrons. The third-order valence-corrected chi connectivity index (χ3v) is 14.4. The first-order valence-electron chi connectivity index (χ1n) is 20.9. The summed E-state index contributed by atoms with van der Waals surface area (Å²) in [5, 5.41) is 12.7. The van der Waals surface area contributed by atoms with E-state index in [1.165, 1.54) is 11.3 Å². The van der Waals surface area contributed by atoms with Crippen LogP contribution in [0.5, 0.6) is 0 Å². The Labute approximate surface area is 348 Å². The number of benzene rings is 3. The zero-order valence-corrected chi connectivity index (χ0v) is 34.7. The van der Waals surface area contributed by atoms with Crippen molar-refractivity contribution in [1.29, 1.82) is 5.26 Å². The number of amides is 4. The number of H-pyrrole nitrogens is 1. The molecule has 1 aromatic heterocycles. The van der Waals surface area contributed by atoms with E-state index in [0.29, 0.717) is 42.3 Å². The number of carbonyl (C=O) groups is 5. The molecule has 13 heteroatoms. The molecule has 1 atom stereocenters. The van der Waals surface area contributed by atoms with Gasteiger partial charge < -0.3 is 19.7 Å². The highest BCUT2D eigenvalue weighted by Crippen LogP contribution is 2.46. The molecule has 0 spiro atoms. The highest BCUT2D eigenvalue weighted by molar-refractivity contribution is 7.99. The molecule has 1 unspecified atom stereocenters. The Balaban J connectivity index is 0.773.